The Bertz CT molecular complexity index is 1140. The van der Waals surface area contributed by atoms with E-state index in [4.69, 9.17) is 0 Å². The van der Waals surface area contributed by atoms with Gasteiger partial charge in [-0.05, 0) is 20.8 Å². The lowest BCUT2D eigenvalue weighted by Gasteiger charge is -2.47. The lowest BCUT2D eigenvalue weighted by molar-refractivity contribution is -0.482. The minimum Gasteiger partial charge on any atom is -0.396 e. The standard InChI is InChI=1S/C20H19F25O4Si/c1-4-47-50(48-5-2,49-6-3)8(7-46)9(21,22)10(23,24)11(25,26)12(27,28)13(29,30)14(31,32)15(33,34)16(35,36)17(37,38)18(39,40)19(41,42)20(43,44)45/h8,46H,4-7H2,1-3H3. The fourth-order valence-electron chi connectivity index (χ4n) is 3.66. The molecule has 0 aliphatic rings. The molecule has 0 aromatic carbocycles. The highest BCUT2D eigenvalue weighted by atomic mass is 28.4. The van der Waals surface area contributed by atoms with Gasteiger partial charge < -0.3 is 18.4 Å². The van der Waals surface area contributed by atoms with Crippen LogP contribution in [0.4, 0.5) is 110 Å². The second-order valence-corrected chi connectivity index (χ2v) is 12.3. The number of aliphatic hydroxyl groups is 1. The molecule has 302 valence electrons. The lowest BCUT2D eigenvalue weighted by Crippen LogP contribution is -2.78. The maximum absolute atomic E-state index is 15.0. The Balaban J connectivity index is 7.64. The van der Waals surface area contributed by atoms with Crippen LogP contribution in [-0.4, -0.2) is 112 Å². The zero-order chi connectivity index (χ0) is 41.0. The predicted molar refractivity (Wildman–Crippen MR) is 112 cm³/mol. The van der Waals surface area contributed by atoms with Crippen molar-refractivity contribution in [3.63, 3.8) is 0 Å². The zero-order valence-electron chi connectivity index (χ0n) is 24.0. The van der Waals surface area contributed by atoms with Crippen LogP contribution in [0.1, 0.15) is 20.8 Å². The molecule has 30 heteroatoms. The first-order chi connectivity index (χ1) is 21.6. The van der Waals surface area contributed by atoms with Gasteiger partial charge in [-0.25, -0.2) is 0 Å². The molecular formula is C20H19F25O4Si. The molecule has 0 saturated carbocycles. The SMILES string of the molecule is CCO[Si](OCC)(OCC)C(CO)C(F)(F)C(F)(F)C(F)(F)C(F)(F)C(F)(F)C(F)(F)C(F)(F)C(F)(F)C(F)(F)C(F)(F)C(F)(F)C(F)(F)F. The smallest absolute Gasteiger partial charge is 0.396 e. The van der Waals surface area contributed by atoms with E-state index in [1.54, 1.807) is 0 Å². The molecule has 1 atom stereocenters. The van der Waals surface area contributed by atoms with Crippen molar-refractivity contribution in [2.24, 2.45) is 0 Å². The van der Waals surface area contributed by atoms with Crippen molar-refractivity contribution in [1.29, 1.82) is 0 Å². The number of alkyl halides is 25. The highest BCUT2D eigenvalue weighted by molar-refractivity contribution is 6.62. The predicted octanol–water partition coefficient (Wildman–Crippen LogP) is 8.95. The molecule has 4 nitrogen and oxygen atoms in total. The molecular weight excluding hydrogens is 807 g/mol. The molecule has 50 heavy (non-hydrogen) atoms. The highest BCUT2D eigenvalue weighted by Gasteiger charge is 3.00. The molecule has 0 aliphatic carbocycles. The molecule has 1 unspecified atom stereocenters. The van der Waals surface area contributed by atoms with Gasteiger partial charge in [-0.1, -0.05) is 0 Å². The summed E-state index contributed by atoms with van der Waals surface area (Å²) in [4.78, 5) is 0. The number of rotatable bonds is 19. The largest absolute Gasteiger partial charge is 0.513 e. The fourth-order valence-corrected chi connectivity index (χ4v) is 6.57. The highest BCUT2D eigenvalue weighted by Crippen LogP contribution is 2.68. The van der Waals surface area contributed by atoms with Gasteiger partial charge in [0, 0.05) is 19.8 Å². The van der Waals surface area contributed by atoms with Crippen LogP contribution >= 0.6 is 0 Å². The summed E-state index contributed by atoms with van der Waals surface area (Å²) < 4.78 is 358. The third kappa shape index (κ3) is 6.25. The normalized spacial score (nSPS) is 17.0. The van der Waals surface area contributed by atoms with Crippen LogP contribution < -0.4 is 0 Å². The average molecular weight is 826 g/mol. The maximum atomic E-state index is 15.0. The summed E-state index contributed by atoms with van der Waals surface area (Å²) in [6.07, 6.45) is -8.21. The van der Waals surface area contributed by atoms with Crippen LogP contribution in [0.2, 0.25) is 5.54 Å². The van der Waals surface area contributed by atoms with E-state index in [9.17, 15) is 115 Å². The van der Waals surface area contributed by atoms with Crippen molar-refractivity contribution >= 4 is 8.80 Å². The third-order valence-corrected chi connectivity index (χ3v) is 9.88. The topological polar surface area (TPSA) is 47.9 Å². The van der Waals surface area contributed by atoms with Crippen molar-refractivity contribution in [2.75, 3.05) is 26.4 Å². The minimum atomic E-state index is -9.68. The molecule has 0 aromatic heterocycles. The van der Waals surface area contributed by atoms with Gasteiger partial charge in [0.25, 0.3) is 0 Å². The van der Waals surface area contributed by atoms with Gasteiger partial charge >= 0.3 is 80.1 Å². The van der Waals surface area contributed by atoms with E-state index < -0.39 is 112 Å². The van der Waals surface area contributed by atoms with E-state index >= 15 is 0 Å². The van der Waals surface area contributed by atoms with Crippen LogP contribution in [0.3, 0.4) is 0 Å². The number of aliphatic hydroxyl groups excluding tert-OH is 1. The molecule has 0 radical (unpaired) electrons. The third-order valence-electron chi connectivity index (χ3n) is 6.41. The van der Waals surface area contributed by atoms with Crippen LogP contribution in [0.25, 0.3) is 0 Å². The molecule has 0 aliphatic heterocycles. The van der Waals surface area contributed by atoms with E-state index in [1.807, 2.05) is 0 Å². The summed E-state index contributed by atoms with van der Waals surface area (Å²) in [5.41, 5.74) is -4.23. The number of halogens is 25. The van der Waals surface area contributed by atoms with Gasteiger partial charge in [-0.15, -0.1) is 0 Å². The fraction of sp³-hybridized carbons (Fsp3) is 1.00. The van der Waals surface area contributed by atoms with Crippen molar-refractivity contribution in [3.05, 3.63) is 0 Å². The zero-order valence-corrected chi connectivity index (χ0v) is 25.0. The first-order valence-electron chi connectivity index (χ1n) is 12.4. The van der Waals surface area contributed by atoms with E-state index in [1.165, 1.54) is 0 Å². The van der Waals surface area contributed by atoms with Crippen molar-refractivity contribution in [1.82, 2.24) is 0 Å². The maximum Gasteiger partial charge on any atom is 0.513 e. The Labute approximate surface area is 262 Å². The van der Waals surface area contributed by atoms with Crippen LogP contribution in [-0.2, 0) is 13.3 Å². The monoisotopic (exact) mass is 826 g/mol. The number of hydrogen-bond donors (Lipinski definition) is 1. The molecule has 0 rings (SSSR count). The van der Waals surface area contributed by atoms with Crippen molar-refractivity contribution < 1.29 is 128 Å². The van der Waals surface area contributed by atoms with Crippen molar-refractivity contribution in [2.45, 2.75) is 97.6 Å². The van der Waals surface area contributed by atoms with E-state index in [0.717, 1.165) is 20.8 Å². The molecule has 0 saturated heterocycles. The molecule has 0 amide bonds. The van der Waals surface area contributed by atoms with Gasteiger partial charge in [0.15, 0.2) is 0 Å². The minimum absolute atomic E-state index is 0.787. The summed E-state index contributed by atoms with van der Waals surface area (Å²) in [6, 6.07) is 0. The Morgan fingerprint density at radius 2 is 0.580 bits per heavy atom. The Hall–Kier alpha value is -1.69. The molecule has 0 fully saturated rings. The Kier molecular flexibility index (Phi) is 13.2. The molecule has 1 N–H and O–H groups in total. The first kappa shape index (κ1) is 48.3. The quantitative estimate of drug-likeness (QED) is 0.105. The van der Waals surface area contributed by atoms with Gasteiger partial charge in [0.2, 0.25) is 0 Å². The summed E-state index contributed by atoms with van der Waals surface area (Å²) in [6.45, 7) is -3.42. The molecule has 0 bridgehead atoms. The second-order valence-electron chi connectivity index (χ2n) is 9.50. The molecule has 0 aromatic rings. The molecule has 0 heterocycles. The van der Waals surface area contributed by atoms with Gasteiger partial charge in [-0.3, -0.25) is 0 Å². The van der Waals surface area contributed by atoms with Gasteiger partial charge in [-0.2, -0.15) is 110 Å². The summed E-state index contributed by atoms with van der Waals surface area (Å²) in [5, 5.41) is 9.29. The van der Waals surface area contributed by atoms with Crippen LogP contribution in [0, 0.1) is 0 Å². The Morgan fingerprint density at radius 3 is 0.760 bits per heavy atom. The Morgan fingerprint density at radius 1 is 0.380 bits per heavy atom. The number of hydrogen-bond acceptors (Lipinski definition) is 4. The van der Waals surface area contributed by atoms with Crippen LogP contribution in [0.15, 0.2) is 0 Å². The second kappa shape index (κ2) is 13.6. The summed E-state index contributed by atoms with van der Waals surface area (Å²) in [5.74, 6) is -100.0. The first-order valence-corrected chi connectivity index (χ1v) is 14.2. The summed E-state index contributed by atoms with van der Waals surface area (Å²) in [7, 11) is -5.92. The van der Waals surface area contributed by atoms with Crippen LogP contribution in [0.5, 0.6) is 0 Å². The lowest BCUT2D eigenvalue weighted by atomic mass is 9.84. The summed E-state index contributed by atoms with van der Waals surface area (Å²) >= 11 is 0. The van der Waals surface area contributed by atoms with Gasteiger partial charge in [0.05, 0.1) is 6.61 Å². The van der Waals surface area contributed by atoms with Gasteiger partial charge in [0.1, 0.15) is 5.54 Å². The van der Waals surface area contributed by atoms with Crippen molar-refractivity contribution in [3.8, 4) is 0 Å². The van der Waals surface area contributed by atoms with E-state index in [0.29, 0.717) is 0 Å². The van der Waals surface area contributed by atoms with E-state index in [-0.39, 0.29) is 0 Å². The average Bonchev–Trinajstić information content (AvgIpc) is 2.91. The van der Waals surface area contributed by atoms with E-state index in [2.05, 4.69) is 13.3 Å². The molecule has 0 spiro atoms.